The Labute approximate surface area is 178 Å². The second kappa shape index (κ2) is 9.45. The number of anilines is 2. The molecule has 0 spiro atoms. The van der Waals surface area contributed by atoms with Gasteiger partial charge in [0.2, 0.25) is 5.75 Å². The SMILES string of the molecule is COc1cc(NC(=O)NC[C@@H]2CN(c3cccc(Cl)c3)C(=O)O2)cc(OC)c1OC. The van der Waals surface area contributed by atoms with E-state index >= 15 is 0 Å². The highest BCUT2D eigenvalue weighted by atomic mass is 35.5. The molecule has 1 fully saturated rings. The van der Waals surface area contributed by atoms with Gasteiger partial charge in [-0.05, 0) is 18.2 Å². The molecule has 2 aromatic rings. The van der Waals surface area contributed by atoms with Crippen LogP contribution in [0.1, 0.15) is 0 Å². The zero-order chi connectivity index (χ0) is 21.7. The third kappa shape index (κ3) is 4.80. The summed E-state index contributed by atoms with van der Waals surface area (Å²) >= 11 is 5.98. The zero-order valence-electron chi connectivity index (χ0n) is 16.7. The van der Waals surface area contributed by atoms with E-state index in [1.54, 1.807) is 36.4 Å². The number of halogens is 1. The summed E-state index contributed by atoms with van der Waals surface area (Å²) < 4.78 is 21.1. The van der Waals surface area contributed by atoms with Crippen LogP contribution in [0.5, 0.6) is 17.2 Å². The molecular weight excluding hydrogens is 414 g/mol. The molecule has 0 radical (unpaired) electrons. The van der Waals surface area contributed by atoms with Crippen LogP contribution in [0.25, 0.3) is 0 Å². The Kier molecular flexibility index (Phi) is 6.73. The fraction of sp³-hybridized carbons (Fsp3) is 0.300. The van der Waals surface area contributed by atoms with Crippen molar-refractivity contribution >= 4 is 35.1 Å². The molecule has 1 aliphatic rings. The van der Waals surface area contributed by atoms with Crippen molar-refractivity contribution in [3.8, 4) is 17.2 Å². The zero-order valence-corrected chi connectivity index (χ0v) is 17.5. The van der Waals surface area contributed by atoms with Crippen LogP contribution in [0.3, 0.4) is 0 Å². The highest BCUT2D eigenvalue weighted by molar-refractivity contribution is 6.30. The lowest BCUT2D eigenvalue weighted by Crippen LogP contribution is -2.37. The first-order valence-electron chi connectivity index (χ1n) is 9.03. The van der Waals surface area contributed by atoms with Gasteiger partial charge in [-0.15, -0.1) is 0 Å². The van der Waals surface area contributed by atoms with Crippen molar-refractivity contribution in [2.24, 2.45) is 0 Å². The van der Waals surface area contributed by atoms with Crippen molar-refractivity contribution in [1.29, 1.82) is 0 Å². The van der Waals surface area contributed by atoms with Gasteiger partial charge >= 0.3 is 12.1 Å². The van der Waals surface area contributed by atoms with Crippen molar-refractivity contribution in [2.75, 3.05) is 44.6 Å². The van der Waals surface area contributed by atoms with E-state index in [-0.39, 0.29) is 6.54 Å². The predicted octanol–water partition coefficient (Wildman–Crippen LogP) is 3.51. The van der Waals surface area contributed by atoms with E-state index in [0.29, 0.717) is 40.2 Å². The normalized spacial score (nSPS) is 15.4. The molecular formula is C20H22ClN3O6. The lowest BCUT2D eigenvalue weighted by Gasteiger charge is -2.15. The fourth-order valence-corrected chi connectivity index (χ4v) is 3.20. The van der Waals surface area contributed by atoms with E-state index in [9.17, 15) is 9.59 Å². The molecule has 30 heavy (non-hydrogen) atoms. The van der Waals surface area contributed by atoms with Gasteiger partial charge in [-0.2, -0.15) is 0 Å². The topological polar surface area (TPSA) is 98.4 Å². The van der Waals surface area contributed by atoms with E-state index in [0.717, 1.165) is 0 Å². The first kappa shape index (κ1) is 21.4. The summed E-state index contributed by atoms with van der Waals surface area (Å²) in [5.41, 5.74) is 1.09. The third-order valence-electron chi connectivity index (χ3n) is 4.41. The minimum atomic E-state index is -0.498. The molecule has 1 atom stereocenters. The number of ether oxygens (including phenoxy) is 4. The molecule has 0 bridgehead atoms. The van der Waals surface area contributed by atoms with Crippen LogP contribution in [0.15, 0.2) is 36.4 Å². The molecule has 0 aromatic heterocycles. The average Bonchev–Trinajstić information content (AvgIpc) is 3.12. The molecule has 0 aliphatic carbocycles. The molecule has 2 aromatic carbocycles. The number of carbonyl (C=O) groups is 2. The van der Waals surface area contributed by atoms with Crippen LogP contribution < -0.4 is 29.7 Å². The first-order valence-corrected chi connectivity index (χ1v) is 9.41. The van der Waals surface area contributed by atoms with Gasteiger partial charge in [-0.3, -0.25) is 4.90 Å². The Balaban J connectivity index is 1.58. The largest absolute Gasteiger partial charge is 0.493 e. The smallest absolute Gasteiger partial charge is 0.414 e. The summed E-state index contributed by atoms with van der Waals surface area (Å²) in [6.45, 7) is 0.433. The maximum Gasteiger partial charge on any atom is 0.414 e. The minimum absolute atomic E-state index is 0.138. The highest BCUT2D eigenvalue weighted by Gasteiger charge is 2.32. The van der Waals surface area contributed by atoms with Crippen LogP contribution in [0, 0.1) is 0 Å². The summed E-state index contributed by atoms with van der Waals surface area (Å²) in [5, 5.41) is 5.90. The van der Waals surface area contributed by atoms with Crippen LogP contribution >= 0.6 is 11.6 Å². The number of benzene rings is 2. The molecule has 160 valence electrons. The number of urea groups is 1. The van der Waals surface area contributed by atoms with Gasteiger partial charge in [0.05, 0.1) is 40.1 Å². The maximum atomic E-state index is 12.3. The van der Waals surface area contributed by atoms with Crippen LogP contribution in [-0.4, -0.2) is 52.6 Å². The molecule has 9 nitrogen and oxygen atoms in total. The summed E-state index contributed by atoms with van der Waals surface area (Å²) in [5.74, 6) is 1.24. The molecule has 0 saturated carbocycles. The molecule has 1 aliphatic heterocycles. The summed E-state index contributed by atoms with van der Waals surface area (Å²) in [7, 11) is 4.47. The van der Waals surface area contributed by atoms with Crippen molar-refractivity contribution in [3.05, 3.63) is 41.4 Å². The number of amides is 3. The Morgan fingerprint density at radius 1 is 1.17 bits per heavy atom. The number of rotatable bonds is 7. The number of hydrogen-bond acceptors (Lipinski definition) is 6. The van der Waals surface area contributed by atoms with Crippen LogP contribution in [-0.2, 0) is 4.74 Å². The van der Waals surface area contributed by atoms with E-state index in [1.807, 2.05) is 0 Å². The van der Waals surface area contributed by atoms with Gasteiger partial charge in [0.25, 0.3) is 0 Å². The first-order chi connectivity index (χ1) is 14.4. The molecule has 3 amide bonds. The maximum absolute atomic E-state index is 12.3. The summed E-state index contributed by atoms with van der Waals surface area (Å²) in [6.07, 6.45) is -0.990. The van der Waals surface area contributed by atoms with Crippen LogP contribution in [0.2, 0.25) is 5.02 Å². The number of cyclic esters (lactones) is 1. The van der Waals surface area contributed by atoms with E-state index in [2.05, 4.69) is 10.6 Å². The Hall–Kier alpha value is -3.33. The second-order valence-corrected chi connectivity index (χ2v) is 6.78. The fourth-order valence-electron chi connectivity index (χ4n) is 3.02. The minimum Gasteiger partial charge on any atom is -0.493 e. The number of nitrogens with zero attached hydrogens (tertiary/aromatic N) is 1. The molecule has 3 rings (SSSR count). The molecule has 1 saturated heterocycles. The molecule has 10 heteroatoms. The van der Waals surface area contributed by atoms with Crippen molar-refractivity contribution < 1.29 is 28.5 Å². The third-order valence-corrected chi connectivity index (χ3v) is 4.64. The Bertz CT molecular complexity index is 914. The summed E-state index contributed by atoms with van der Waals surface area (Å²) in [4.78, 5) is 25.9. The van der Waals surface area contributed by atoms with Gasteiger partial charge in [-0.1, -0.05) is 17.7 Å². The van der Waals surface area contributed by atoms with Crippen LogP contribution in [0.4, 0.5) is 21.0 Å². The van der Waals surface area contributed by atoms with Crippen molar-refractivity contribution in [1.82, 2.24) is 5.32 Å². The number of carbonyl (C=O) groups excluding carboxylic acids is 2. The van der Waals surface area contributed by atoms with Gasteiger partial charge < -0.3 is 29.6 Å². The monoisotopic (exact) mass is 435 g/mol. The lowest BCUT2D eigenvalue weighted by molar-refractivity contribution is 0.141. The standard InChI is InChI=1S/C20H22ClN3O6/c1-27-16-8-13(9-17(28-2)18(16)29-3)23-19(25)22-10-15-11-24(20(26)30-15)14-6-4-5-12(21)7-14/h4-9,15H,10-11H2,1-3H3,(H2,22,23,25)/t15-/m1/s1. The number of methoxy groups -OCH3 is 3. The van der Waals surface area contributed by atoms with E-state index < -0.39 is 18.2 Å². The quantitative estimate of drug-likeness (QED) is 0.690. The van der Waals surface area contributed by atoms with Gasteiger partial charge in [0.15, 0.2) is 11.5 Å². The van der Waals surface area contributed by atoms with Gasteiger partial charge in [0.1, 0.15) is 6.10 Å². The van der Waals surface area contributed by atoms with Gasteiger partial charge in [0, 0.05) is 22.8 Å². The van der Waals surface area contributed by atoms with E-state index in [4.69, 9.17) is 30.5 Å². The average molecular weight is 436 g/mol. The molecule has 1 heterocycles. The lowest BCUT2D eigenvalue weighted by atomic mass is 10.2. The van der Waals surface area contributed by atoms with Gasteiger partial charge in [-0.25, -0.2) is 9.59 Å². The highest BCUT2D eigenvalue weighted by Crippen LogP contribution is 2.39. The molecule has 0 unspecified atom stereocenters. The van der Waals surface area contributed by atoms with E-state index in [1.165, 1.54) is 26.2 Å². The number of hydrogen-bond donors (Lipinski definition) is 2. The molecule has 2 N–H and O–H groups in total. The second-order valence-electron chi connectivity index (χ2n) is 6.35. The van der Waals surface area contributed by atoms with Crippen molar-refractivity contribution in [2.45, 2.75) is 6.10 Å². The predicted molar refractivity (Wildman–Crippen MR) is 112 cm³/mol. The Morgan fingerprint density at radius 2 is 1.87 bits per heavy atom. The van der Waals surface area contributed by atoms with Crippen molar-refractivity contribution in [3.63, 3.8) is 0 Å². The Morgan fingerprint density at radius 3 is 2.47 bits per heavy atom. The number of nitrogens with one attached hydrogen (secondary N) is 2. The summed E-state index contributed by atoms with van der Waals surface area (Å²) in [6, 6.07) is 9.66.